The number of benzene rings is 12. The standard InChI is InChI=1S/C32H31N2O.2C31H29N2O.C29H25N2O/c1-20-13-14-25-27-18-24(33-6)17-26(23-11-9-8-10-12-23)30(27)35-31(25)29(20)28-16-22(19-32(3,4)5)15-21(2)34(28)7;2*1-18(2)25-17-28(33(7)21(5)20(25)4)29-19(3)13-14-24-27-16-23(32-6)15-26(30(27)34-31(24)29)22-11-9-8-10-12-22;1-17-12-13-23-25-16-22(30-5)15-24(21-10-8-7-9-11-21)28(25)32-29(23)27(17)26-14-18(2)19(3)20(4)31(26)6/h8-18H,19H2,1-5,7H3;2*8-18H,1-5,7H3;7-16H,1-4,6H3/q4*+1/i15D,16D,19D2;1D3,4D3,17D,18D;4D3,17D,18D;3D3,14D. The minimum absolute atomic E-state index is 0.00425. The number of hydrogen-bond donors (Lipinski definition) is 0. The van der Waals surface area contributed by atoms with Gasteiger partial charge >= 0.3 is 0 Å². The van der Waals surface area contributed by atoms with Crippen LogP contribution >= 0.6 is 0 Å². The van der Waals surface area contributed by atoms with Crippen molar-refractivity contribution < 1.29 is 64.7 Å². The second-order valence-electron chi connectivity index (χ2n) is 35.8. The highest BCUT2D eigenvalue weighted by molar-refractivity contribution is 6.18. The fourth-order valence-electron chi connectivity index (χ4n) is 18.0. The smallest absolute Gasteiger partial charge is 0.216 e. The van der Waals surface area contributed by atoms with Crippen molar-refractivity contribution in [2.75, 3.05) is 0 Å². The number of aryl methyl sites for hydroxylation is 4. The molecule has 1 unspecified atom stereocenters. The van der Waals surface area contributed by atoms with E-state index in [0.717, 1.165) is 106 Å². The molecule has 0 fully saturated rings. The maximum atomic E-state index is 9.30. The first-order chi connectivity index (χ1) is 73.1. The van der Waals surface area contributed by atoms with Crippen LogP contribution in [0.5, 0.6) is 0 Å². The van der Waals surface area contributed by atoms with Gasteiger partial charge in [-0.1, -0.05) is 218 Å². The van der Waals surface area contributed by atoms with Crippen LogP contribution < -0.4 is 18.3 Å². The largest absolute Gasteiger partial charge is 0.455 e. The van der Waals surface area contributed by atoms with Gasteiger partial charge in [-0.25, -0.2) is 19.4 Å². The normalized spacial score (nSPS) is 14.8. The van der Waals surface area contributed by atoms with Crippen molar-refractivity contribution in [2.45, 2.75) is 149 Å². The molecule has 1 atom stereocenters. The molecule has 0 aliphatic rings. The molecule has 12 aromatic carbocycles. The van der Waals surface area contributed by atoms with E-state index in [1.165, 1.54) is 0 Å². The summed E-state index contributed by atoms with van der Waals surface area (Å²) in [5.74, 6) is -3.71. The maximum absolute atomic E-state index is 9.30. The van der Waals surface area contributed by atoms with Crippen molar-refractivity contribution in [3.05, 3.63) is 378 Å². The quantitative estimate of drug-likeness (QED) is 0.0954. The van der Waals surface area contributed by atoms with E-state index in [9.17, 15) is 4.11 Å². The third-order valence-corrected chi connectivity index (χ3v) is 25.6. The van der Waals surface area contributed by atoms with Crippen LogP contribution in [0.1, 0.15) is 173 Å². The molecule has 0 aliphatic carbocycles. The topological polar surface area (TPSA) is 85.5 Å². The van der Waals surface area contributed by atoms with Gasteiger partial charge in [-0.15, -0.1) is 0 Å². The summed E-state index contributed by atoms with van der Waals surface area (Å²) in [5.41, 5.74) is 22.6. The van der Waals surface area contributed by atoms with Crippen LogP contribution in [-0.4, -0.2) is 0 Å². The van der Waals surface area contributed by atoms with Crippen LogP contribution in [-0.2, 0) is 34.6 Å². The Morgan fingerprint density at radius 1 is 0.333 bits per heavy atom. The first kappa shape index (κ1) is 68.4. The zero-order chi connectivity index (χ0) is 114. The highest BCUT2D eigenvalue weighted by Crippen LogP contribution is 2.50. The Hall–Kier alpha value is -15.6. The van der Waals surface area contributed by atoms with Crippen molar-refractivity contribution in [1.82, 2.24) is 0 Å². The number of aromatic nitrogens is 4. The Balaban J connectivity index is 0.000000141. The zero-order valence-electron chi connectivity index (χ0n) is 100.0. The molecule has 0 amide bonds. The lowest BCUT2D eigenvalue weighted by Gasteiger charge is -2.18. The summed E-state index contributed by atoms with van der Waals surface area (Å²) in [5, 5.41) is 6.31. The molecule has 666 valence electrons. The Bertz CT molecular complexity index is 9440. The van der Waals surface area contributed by atoms with Gasteiger partial charge in [-0.3, -0.25) is 0 Å². The third-order valence-electron chi connectivity index (χ3n) is 25.6. The summed E-state index contributed by atoms with van der Waals surface area (Å²) >= 11 is 0. The van der Waals surface area contributed by atoms with E-state index in [4.69, 9.17) is 68.6 Å². The van der Waals surface area contributed by atoms with Gasteiger partial charge in [-0.05, 0) is 194 Å². The predicted octanol–water partition coefficient (Wildman–Crippen LogP) is 32.7. The summed E-state index contributed by atoms with van der Waals surface area (Å²) in [4.78, 5) is 14.8. The van der Waals surface area contributed by atoms with E-state index in [0.29, 0.717) is 140 Å². The number of hydrogen-bond acceptors (Lipinski definition) is 4. The summed E-state index contributed by atoms with van der Waals surface area (Å²) in [6.07, 6.45) is -1.92. The Morgan fingerprint density at radius 2 is 0.615 bits per heavy atom. The van der Waals surface area contributed by atoms with Crippen molar-refractivity contribution >= 4 is 111 Å². The maximum Gasteiger partial charge on any atom is 0.216 e. The fraction of sp³-hybridized carbons (Fsp3) is 0.220. The lowest BCUT2D eigenvalue weighted by molar-refractivity contribution is -0.667. The van der Waals surface area contributed by atoms with Gasteiger partial charge < -0.3 is 17.7 Å². The molecular formula is C123H114N8O4+4. The van der Waals surface area contributed by atoms with Gasteiger partial charge in [0.05, 0.1) is 55.4 Å². The molecule has 20 aromatic rings. The number of pyridine rings is 4. The zero-order valence-corrected chi connectivity index (χ0v) is 79.0. The van der Waals surface area contributed by atoms with Gasteiger partial charge in [0.2, 0.25) is 22.8 Å². The third kappa shape index (κ3) is 16.8. The van der Waals surface area contributed by atoms with E-state index >= 15 is 0 Å². The van der Waals surface area contributed by atoms with Gasteiger partial charge in [0.15, 0.2) is 45.5 Å². The van der Waals surface area contributed by atoms with E-state index in [-0.39, 0.29) is 75.0 Å². The second kappa shape index (κ2) is 36.5. The first-order valence-corrected chi connectivity index (χ1v) is 44.4. The van der Waals surface area contributed by atoms with Crippen LogP contribution in [0, 0.1) is 115 Å². The molecule has 135 heavy (non-hydrogen) atoms. The number of furan rings is 4. The lowest BCUT2D eigenvalue weighted by Crippen LogP contribution is -2.36. The molecule has 0 saturated heterocycles. The van der Waals surface area contributed by atoms with E-state index < -0.39 is 51.0 Å². The SMILES string of the molecule is [2H]c1c(C([2H])(C)C([2H])([2H])[2H])c(C([2H])([2H])[2H])c(C)[n+](C)c1-c1c(C)ccc2c1oc1c(-c3ccccc3)cc([N+]#[C-])cc12.[2H]c1c(C([2H])(C)C)c(C([2H])([2H])[2H])c(C)[n+](C)c1-c1c(C)ccc2c1oc1c(-c3ccccc3)cc([N+]#[C-])cc12.[2H]c1c(C([2H])([2H])C(C)(C)C)c([2H])c(-c2c(C)ccc3c2oc2c(-c4ccccc4)cc([N+]#[C-])cc23)[n+](C)c1C.[2H]c1c(C)c(C([2H])([2H])[2H])c(C)[n+](C)c1-c1c(C)ccc2c1oc1c(-c3ccccc3)cc([N+]#[C-])cc12. The average molecular weight is 1790 g/mol. The average Bonchev–Trinajstić information content (AvgIpc) is 1.24. The monoisotopic (exact) mass is 1790 g/mol. The van der Waals surface area contributed by atoms with Crippen molar-refractivity contribution in [1.29, 1.82) is 0 Å². The molecule has 0 N–H and O–H groups in total. The van der Waals surface area contributed by atoms with E-state index in [2.05, 4.69) is 19.4 Å². The second-order valence-corrected chi connectivity index (χ2v) is 35.8. The summed E-state index contributed by atoms with van der Waals surface area (Å²) in [6, 6.07) is 68.9. The predicted molar refractivity (Wildman–Crippen MR) is 556 cm³/mol. The fourth-order valence-corrected chi connectivity index (χ4v) is 18.0. The summed E-state index contributed by atoms with van der Waals surface area (Å²) in [6.45, 7) is 46.2. The molecule has 8 aromatic heterocycles. The van der Waals surface area contributed by atoms with Crippen LogP contribution in [0.3, 0.4) is 0 Å². The first-order valence-electron chi connectivity index (χ1n) is 54.9. The minimum atomic E-state index is -2.91. The molecule has 12 nitrogen and oxygen atoms in total. The highest BCUT2D eigenvalue weighted by atomic mass is 16.3. The van der Waals surface area contributed by atoms with Gasteiger partial charge in [-0.2, -0.15) is 18.3 Å². The Morgan fingerprint density at radius 3 is 0.889 bits per heavy atom. The molecule has 0 saturated carbocycles. The van der Waals surface area contributed by atoms with Gasteiger partial charge in [0.25, 0.3) is 0 Å². The molecule has 0 aliphatic heterocycles. The summed E-state index contributed by atoms with van der Waals surface area (Å²) < 4.78 is 212. The number of nitrogens with zero attached hydrogens (tertiary/aromatic N) is 8. The van der Waals surface area contributed by atoms with E-state index in [1.807, 2.05) is 241 Å². The minimum Gasteiger partial charge on any atom is -0.455 e. The number of fused-ring (bicyclic) bond motifs is 12. The molecule has 20 rings (SSSR count). The Kier molecular flexibility index (Phi) is 18.5. The van der Waals surface area contributed by atoms with Crippen molar-refractivity contribution in [3.63, 3.8) is 0 Å². The van der Waals surface area contributed by atoms with Gasteiger partial charge in [0, 0.05) is 162 Å². The highest BCUT2D eigenvalue weighted by Gasteiger charge is 2.33. The molecular weight excluding hydrogens is 1650 g/mol. The molecule has 0 spiro atoms. The molecule has 8 heterocycles. The molecule has 12 heteroatoms. The van der Waals surface area contributed by atoms with Crippen LogP contribution in [0.4, 0.5) is 22.7 Å². The summed E-state index contributed by atoms with van der Waals surface area (Å²) in [7, 11) is 6.99. The van der Waals surface area contributed by atoms with Gasteiger partial charge in [0.1, 0.15) is 72.9 Å². The van der Waals surface area contributed by atoms with E-state index in [1.54, 1.807) is 121 Å². The molecule has 0 bridgehead atoms. The van der Waals surface area contributed by atoms with Crippen LogP contribution in [0.2, 0.25) is 0 Å². The van der Waals surface area contributed by atoms with Crippen molar-refractivity contribution in [3.8, 4) is 89.5 Å². The van der Waals surface area contributed by atoms with Crippen molar-refractivity contribution in [2.24, 2.45) is 33.6 Å². The molecule has 0 radical (unpaired) electrons. The van der Waals surface area contributed by atoms with Crippen LogP contribution in [0.25, 0.3) is 197 Å². The Labute approximate surface area is 822 Å². The lowest BCUT2D eigenvalue weighted by atomic mass is 9.87. The van der Waals surface area contributed by atoms with Crippen LogP contribution in [0.15, 0.2) is 266 Å². The number of rotatable bonds is 11.